The lowest BCUT2D eigenvalue weighted by molar-refractivity contribution is -0.161. The lowest BCUT2D eigenvalue weighted by Gasteiger charge is -2.21. The number of aliphatic hydroxyl groups excluding tert-OH is 1. The molecule has 0 amide bonds. The lowest BCUT2D eigenvalue weighted by atomic mass is 10.0. The zero-order chi connectivity index (χ0) is 84.5. The molecular weight excluding hydrogens is 1500 g/mol. The van der Waals surface area contributed by atoms with E-state index < -0.39 is 97.5 Å². The van der Waals surface area contributed by atoms with Gasteiger partial charge in [0.1, 0.15) is 19.3 Å². The Bertz CT molecular complexity index is 2170. The predicted molar refractivity (Wildman–Crippen MR) is 483 cm³/mol. The molecule has 0 rings (SSSR count). The van der Waals surface area contributed by atoms with E-state index in [0.29, 0.717) is 25.7 Å². The van der Waals surface area contributed by atoms with E-state index in [1.54, 1.807) is 0 Å². The van der Waals surface area contributed by atoms with Gasteiger partial charge in [-0.25, -0.2) is 9.13 Å². The van der Waals surface area contributed by atoms with E-state index in [0.717, 1.165) is 89.9 Å². The molecule has 116 heavy (non-hydrogen) atoms. The molecule has 0 aromatic heterocycles. The number of unbranched alkanes of at least 4 members (excludes halogenated alkanes) is 72. The van der Waals surface area contributed by atoms with Gasteiger partial charge in [0.2, 0.25) is 0 Å². The van der Waals surface area contributed by atoms with Crippen molar-refractivity contribution in [2.24, 2.45) is 0 Å². The van der Waals surface area contributed by atoms with Crippen molar-refractivity contribution in [3.63, 3.8) is 0 Å². The zero-order valence-corrected chi connectivity index (χ0v) is 78.3. The van der Waals surface area contributed by atoms with Crippen molar-refractivity contribution < 1.29 is 80.2 Å². The second-order valence-corrected chi connectivity index (χ2v) is 37.7. The zero-order valence-electron chi connectivity index (χ0n) is 76.5. The molecule has 0 bridgehead atoms. The minimum Gasteiger partial charge on any atom is -0.462 e. The third kappa shape index (κ3) is 89.8. The van der Waals surface area contributed by atoms with Crippen molar-refractivity contribution in [3.05, 3.63) is 0 Å². The minimum atomic E-state index is -4.97. The van der Waals surface area contributed by atoms with Crippen molar-refractivity contribution in [1.82, 2.24) is 0 Å². The molecule has 5 atom stereocenters. The number of rotatable bonds is 98. The van der Waals surface area contributed by atoms with Crippen LogP contribution in [-0.4, -0.2) is 96.7 Å². The van der Waals surface area contributed by atoms with Crippen LogP contribution in [0.3, 0.4) is 0 Å². The summed E-state index contributed by atoms with van der Waals surface area (Å²) < 4.78 is 69.3. The largest absolute Gasteiger partial charge is 0.472 e. The fourth-order valence-corrected chi connectivity index (χ4v) is 17.0. The molecule has 0 saturated carbocycles. The molecule has 0 aliphatic carbocycles. The molecule has 0 saturated heterocycles. The van der Waals surface area contributed by atoms with E-state index >= 15 is 0 Å². The summed E-state index contributed by atoms with van der Waals surface area (Å²) in [5, 5.41) is 10.7. The van der Waals surface area contributed by atoms with Gasteiger partial charge in [-0.1, -0.05) is 490 Å². The fourth-order valence-electron chi connectivity index (χ4n) is 15.5. The van der Waals surface area contributed by atoms with Gasteiger partial charge in [-0.15, -0.1) is 0 Å². The first kappa shape index (κ1) is 114. The van der Waals surface area contributed by atoms with Crippen LogP contribution in [0.15, 0.2) is 0 Å². The van der Waals surface area contributed by atoms with E-state index in [-0.39, 0.29) is 25.7 Å². The van der Waals surface area contributed by atoms with E-state index in [1.807, 2.05) is 0 Å². The first-order chi connectivity index (χ1) is 56.7. The number of phosphoric ester groups is 2. The highest BCUT2D eigenvalue weighted by molar-refractivity contribution is 7.47. The Balaban J connectivity index is 5.23. The number of hydrogen-bond acceptors (Lipinski definition) is 15. The SMILES string of the molecule is CCCCCCCCCCCCCCCCCCCCCCCCC(=O)O[C@H](COC(=O)CCCCCCCCCCCCCCCCCCCCCCC)COP(=O)(O)OC[C@@H](O)COP(=O)(O)OC[C@@H](COC(=O)CCCCCCCCCCCCCC)OC(=O)CCCCCCCCCCCCCCCCCCCCCCC. The molecule has 0 fully saturated rings. The standard InChI is InChI=1S/C97H190O17P2/c1-5-9-13-17-21-25-29-33-36-39-42-45-48-51-54-57-60-64-68-72-76-80-84-97(102)114-93(88-108-95(100)82-78-74-70-66-62-58-55-52-49-46-43-40-37-34-30-26-22-18-14-10-6-2)90-112-116(105,106)110-86-91(98)85-109-115(103,104)111-89-92(87-107-94(99)81-77-73-69-65-61-32-28-24-20-16-12-8-4)113-96(101)83-79-75-71-67-63-59-56-53-50-47-44-41-38-35-31-27-23-19-15-11-7-3/h91-93,98H,5-90H2,1-4H3,(H,103,104)(H,105,106)/t91-,92+,93+/m0/s1. The Hall–Kier alpha value is -1.94. The summed E-state index contributed by atoms with van der Waals surface area (Å²) in [6.45, 7) is 5.12. The monoisotopic (exact) mass is 1690 g/mol. The summed E-state index contributed by atoms with van der Waals surface area (Å²) in [6.07, 6.45) is 90.6. The maximum Gasteiger partial charge on any atom is 0.472 e. The van der Waals surface area contributed by atoms with Crippen LogP contribution in [0.4, 0.5) is 0 Å². The molecule has 0 aliphatic rings. The van der Waals surface area contributed by atoms with Gasteiger partial charge in [-0.3, -0.25) is 37.3 Å². The molecule has 19 heteroatoms. The van der Waals surface area contributed by atoms with Crippen LogP contribution in [0.25, 0.3) is 0 Å². The summed E-state index contributed by atoms with van der Waals surface area (Å²) in [5.74, 6) is -2.08. The van der Waals surface area contributed by atoms with Crippen LogP contribution in [0, 0.1) is 0 Å². The highest BCUT2D eigenvalue weighted by atomic mass is 31.2. The Kier molecular flexibility index (Phi) is 89.3. The Labute approximate surface area is 715 Å². The average Bonchev–Trinajstić information content (AvgIpc) is 0.897. The number of ether oxygens (including phenoxy) is 4. The first-order valence-corrected chi connectivity index (χ1v) is 53.3. The third-order valence-corrected chi connectivity index (χ3v) is 25.0. The molecule has 690 valence electrons. The van der Waals surface area contributed by atoms with Gasteiger partial charge in [0.25, 0.3) is 0 Å². The predicted octanol–water partition coefficient (Wildman–Crippen LogP) is 30.8. The van der Waals surface area contributed by atoms with Gasteiger partial charge in [0.05, 0.1) is 26.4 Å². The Morgan fingerprint density at radius 2 is 0.345 bits per heavy atom. The van der Waals surface area contributed by atoms with Crippen LogP contribution in [-0.2, 0) is 65.4 Å². The average molecular weight is 1690 g/mol. The summed E-state index contributed by atoms with van der Waals surface area (Å²) in [7, 11) is -9.94. The molecule has 17 nitrogen and oxygen atoms in total. The van der Waals surface area contributed by atoms with Gasteiger partial charge in [-0.05, 0) is 25.7 Å². The van der Waals surface area contributed by atoms with Gasteiger partial charge in [-0.2, -0.15) is 0 Å². The molecule has 2 unspecified atom stereocenters. The van der Waals surface area contributed by atoms with Crippen LogP contribution >= 0.6 is 15.6 Å². The maximum atomic E-state index is 13.2. The maximum absolute atomic E-state index is 13.2. The number of carbonyl (C=O) groups excluding carboxylic acids is 4. The van der Waals surface area contributed by atoms with Gasteiger partial charge >= 0.3 is 39.5 Å². The van der Waals surface area contributed by atoms with Crippen molar-refractivity contribution >= 4 is 39.5 Å². The van der Waals surface area contributed by atoms with Crippen LogP contribution in [0.5, 0.6) is 0 Å². The molecule has 0 aromatic carbocycles. The van der Waals surface area contributed by atoms with Crippen molar-refractivity contribution in [2.75, 3.05) is 39.6 Å². The number of esters is 4. The van der Waals surface area contributed by atoms with Gasteiger partial charge < -0.3 is 33.8 Å². The fraction of sp³-hybridized carbons (Fsp3) is 0.959. The second-order valence-electron chi connectivity index (χ2n) is 34.8. The van der Waals surface area contributed by atoms with Crippen molar-refractivity contribution in [2.45, 2.75) is 560 Å². The first-order valence-electron chi connectivity index (χ1n) is 50.3. The van der Waals surface area contributed by atoms with E-state index in [2.05, 4.69) is 27.7 Å². The molecule has 0 spiro atoms. The number of hydrogen-bond donors (Lipinski definition) is 3. The topological polar surface area (TPSA) is 237 Å². The second kappa shape index (κ2) is 90.8. The molecule has 0 aliphatic heterocycles. The van der Waals surface area contributed by atoms with Gasteiger partial charge in [0.15, 0.2) is 12.2 Å². The summed E-state index contributed by atoms with van der Waals surface area (Å²) in [5.41, 5.74) is 0. The lowest BCUT2D eigenvalue weighted by Crippen LogP contribution is -2.30. The third-order valence-electron chi connectivity index (χ3n) is 23.1. The Morgan fingerprint density at radius 1 is 0.207 bits per heavy atom. The molecule has 3 N–H and O–H groups in total. The molecule has 0 radical (unpaired) electrons. The molecule has 0 aromatic rings. The van der Waals surface area contributed by atoms with E-state index in [4.69, 9.17) is 37.0 Å². The summed E-state index contributed by atoms with van der Waals surface area (Å²) in [4.78, 5) is 73.6. The number of phosphoric acid groups is 2. The highest BCUT2D eigenvalue weighted by Gasteiger charge is 2.31. The summed E-state index contributed by atoms with van der Waals surface area (Å²) >= 11 is 0. The van der Waals surface area contributed by atoms with Crippen LogP contribution < -0.4 is 0 Å². The minimum absolute atomic E-state index is 0.110. The van der Waals surface area contributed by atoms with E-state index in [1.165, 1.54) is 372 Å². The quantitative estimate of drug-likeness (QED) is 0.0222. The normalized spacial score (nSPS) is 13.5. The van der Waals surface area contributed by atoms with Crippen molar-refractivity contribution in [3.8, 4) is 0 Å². The number of carbonyl (C=O) groups is 4. The van der Waals surface area contributed by atoms with Crippen molar-refractivity contribution in [1.29, 1.82) is 0 Å². The van der Waals surface area contributed by atoms with Crippen LogP contribution in [0.1, 0.15) is 541 Å². The molecule has 0 heterocycles. The van der Waals surface area contributed by atoms with Crippen LogP contribution in [0.2, 0.25) is 0 Å². The Morgan fingerprint density at radius 3 is 0.509 bits per heavy atom. The van der Waals surface area contributed by atoms with Gasteiger partial charge in [0, 0.05) is 25.7 Å². The summed E-state index contributed by atoms with van der Waals surface area (Å²) in [6, 6.07) is 0. The van der Waals surface area contributed by atoms with E-state index in [9.17, 15) is 43.2 Å². The molecular formula is C97H190O17P2. The highest BCUT2D eigenvalue weighted by Crippen LogP contribution is 2.45. The smallest absolute Gasteiger partial charge is 0.462 e. The number of aliphatic hydroxyl groups is 1.